The van der Waals surface area contributed by atoms with Gasteiger partial charge >= 0.3 is 0 Å². The Balaban J connectivity index is 1.81. The van der Waals surface area contributed by atoms with Gasteiger partial charge in [0.15, 0.2) is 0 Å². The fourth-order valence-corrected chi connectivity index (χ4v) is 4.09. The molecule has 0 aliphatic carbocycles. The fourth-order valence-electron chi connectivity index (χ4n) is 4.09. The summed E-state index contributed by atoms with van der Waals surface area (Å²) >= 11 is 0. The zero-order valence-electron chi connectivity index (χ0n) is 16.1. The van der Waals surface area contributed by atoms with Gasteiger partial charge in [-0.05, 0) is 54.3 Å². The highest BCUT2D eigenvalue weighted by Gasteiger charge is 2.18. The molecule has 0 bridgehead atoms. The average molecular weight is 362 g/mol. The quantitative estimate of drug-likeness (QED) is 0.319. The molecule has 5 rings (SSSR count). The summed E-state index contributed by atoms with van der Waals surface area (Å²) in [5.41, 5.74) is 2.22. The lowest BCUT2D eigenvalue weighted by Gasteiger charge is -2.30. The van der Waals surface area contributed by atoms with Gasteiger partial charge in [-0.1, -0.05) is 66.7 Å². The minimum Gasteiger partial charge on any atom is -0.323 e. The zero-order chi connectivity index (χ0) is 19.1. The summed E-state index contributed by atoms with van der Waals surface area (Å²) in [6.07, 6.45) is 0. The second kappa shape index (κ2) is 6.65. The molecular formula is C26H22N2. The van der Waals surface area contributed by atoms with E-state index in [1.54, 1.807) is 0 Å². The molecule has 0 amide bonds. The summed E-state index contributed by atoms with van der Waals surface area (Å²) in [5.74, 6) is 0.981. The number of hydrogen-bond donors (Lipinski definition) is 0. The summed E-state index contributed by atoms with van der Waals surface area (Å²) < 4.78 is 0. The predicted molar refractivity (Wildman–Crippen MR) is 120 cm³/mol. The van der Waals surface area contributed by atoms with Crippen LogP contribution in [0.4, 0.5) is 11.5 Å². The first-order valence-electron chi connectivity index (χ1n) is 9.78. The summed E-state index contributed by atoms with van der Waals surface area (Å²) in [7, 11) is 0. The van der Waals surface area contributed by atoms with Gasteiger partial charge in [0.1, 0.15) is 5.82 Å². The number of anilines is 2. The van der Waals surface area contributed by atoms with Gasteiger partial charge in [0, 0.05) is 16.8 Å². The topological polar surface area (TPSA) is 16.1 Å². The lowest BCUT2D eigenvalue weighted by atomic mass is 9.99. The Labute approximate surface area is 165 Å². The monoisotopic (exact) mass is 362 g/mol. The van der Waals surface area contributed by atoms with Gasteiger partial charge in [0.05, 0.1) is 11.2 Å². The molecule has 0 aliphatic rings. The third kappa shape index (κ3) is 2.69. The Morgan fingerprint density at radius 2 is 1.29 bits per heavy atom. The lowest BCUT2D eigenvalue weighted by molar-refractivity contribution is 0.782. The molecule has 0 aliphatic heterocycles. The minimum absolute atomic E-state index is 0.276. The molecule has 2 nitrogen and oxygen atoms in total. The molecule has 0 saturated carbocycles. The maximum absolute atomic E-state index is 4.99. The van der Waals surface area contributed by atoms with Crippen LogP contribution in [0.1, 0.15) is 13.8 Å². The van der Waals surface area contributed by atoms with Gasteiger partial charge in [-0.15, -0.1) is 0 Å². The van der Waals surface area contributed by atoms with Crippen molar-refractivity contribution in [2.45, 2.75) is 19.9 Å². The Morgan fingerprint density at radius 1 is 0.643 bits per heavy atom. The molecule has 0 atom stereocenters. The van der Waals surface area contributed by atoms with Gasteiger partial charge in [-0.25, -0.2) is 4.98 Å². The molecule has 28 heavy (non-hydrogen) atoms. The van der Waals surface area contributed by atoms with E-state index in [9.17, 15) is 0 Å². The van der Waals surface area contributed by atoms with Crippen LogP contribution >= 0.6 is 0 Å². The van der Waals surface area contributed by atoms with Crippen molar-refractivity contribution in [3.63, 3.8) is 0 Å². The summed E-state index contributed by atoms with van der Waals surface area (Å²) in [4.78, 5) is 7.33. The molecule has 1 aromatic heterocycles. The third-order valence-electron chi connectivity index (χ3n) is 5.35. The largest absolute Gasteiger partial charge is 0.323 e. The molecule has 2 heteroatoms. The van der Waals surface area contributed by atoms with E-state index in [4.69, 9.17) is 4.98 Å². The predicted octanol–water partition coefficient (Wildman–Crippen LogP) is 7.09. The van der Waals surface area contributed by atoms with Crippen LogP contribution in [0.3, 0.4) is 0 Å². The van der Waals surface area contributed by atoms with Crippen LogP contribution in [0, 0.1) is 0 Å². The number of para-hydroxylation sites is 1. The maximum Gasteiger partial charge on any atom is 0.133 e. The Kier molecular flexibility index (Phi) is 3.98. The van der Waals surface area contributed by atoms with E-state index in [1.165, 1.54) is 32.6 Å². The number of benzene rings is 4. The smallest absolute Gasteiger partial charge is 0.133 e. The van der Waals surface area contributed by atoms with Gasteiger partial charge in [0.25, 0.3) is 0 Å². The van der Waals surface area contributed by atoms with E-state index in [1.807, 2.05) is 6.07 Å². The summed E-state index contributed by atoms with van der Waals surface area (Å²) in [6.45, 7) is 4.45. The van der Waals surface area contributed by atoms with Crippen molar-refractivity contribution in [1.29, 1.82) is 0 Å². The molecule has 1 heterocycles. The molecule has 0 radical (unpaired) electrons. The number of fused-ring (bicyclic) bond motifs is 4. The molecule has 136 valence electrons. The fraction of sp³-hybridized carbons (Fsp3) is 0.115. The van der Waals surface area contributed by atoms with Crippen LogP contribution in [0.2, 0.25) is 0 Å². The lowest BCUT2D eigenvalue weighted by Crippen LogP contribution is -2.26. The van der Waals surface area contributed by atoms with E-state index in [-0.39, 0.29) is 6.04 Å². The van der Waals surface area contributed by atoms with Crippen LogP contribution in [-0.2, 0) is 0 Å². The minimum atomic E-state index is 0.276. The third-order valence-corrected chi connectivity index (χ3v) is 5.35. The molecule has 0 saturated heterocycles. The normalized spacial score (nSPS) is 11.5. The first-order chi connectivity index (χ1) is 13.7. The van der Waals surface area contributed by atoms with E-state index < -0.39 is 0 Å². The van der Waals surface area contributed by atoms with Crippen LogP contribution < -0.4 is 4.90 Å². The SMILES string of the molecule is CC(C)N(c1ccc2ccccc2n1)c1cc2ccccc2c2ccccc12. The first-order valence-corrected chi connectivity index (χ1v) is 9.78. The van der Waals surface area contributed by atoms with Gasteiger partial charge in [0.2, 0.25) is 0 Å². The van der Waals surface area contributed by atoms with Crippen LogP contribution in [0.25, 0.3) is 32.4 Å². The van der Waals surface area contributed by atoms with Crippen LogP contribution in [0.5, 0.6) is 0 Å². The second-order valence-corrected chi connectivity index (χ2v) is 7.49. The second-order valence-electron chi connectivity index (χ2n) is 7.49. The molecule has 5 aromatic rings. The van der Waals surface area contributed by atoms with Crippen molar-refractivity contribution < 1.29 is 0 Å². The van der Waals surface area contributed by atoms with Crippen molar-refractivity contribution in [2.24, 2.45) is 0 Å². The van der Waals surface area contributed by atoms with Crippen molar-refractivity contribution >= 4 is 44.0 Å². The maximum atomic E-state index is 4.99. The highest BCUT2D eigenvalue weighted by molar-refractivity contribution is 6.13. The van der Waals surface area contributed by atoms with E-state index >= 15 is 0 Å². The van der Waals surface area contributed by atoms with Crippen LogP contribution in [-0.4, -0.2) is 11.0 Å². The molecule has 0 N–H and O–H groups in total. The first kappa shape index (κ1) is 16.8. The average Bonchev–Trinajstić information content (AvgIpc) is 2.74. The van der Waals surface area contributed by atoms with E-state index in [0.717, 1.165) is 11.3 Å². The summed E-state index contributed by atoms with van der Waals surface area (Å²) in [5, 5.41) is 6.24. The zero-order valence-corrected chi connectivity index (χ0v) is 16.1. The van der Waals surface area contributed by atoms with Crippen molar-refractivity contribution in [3.8, 4) is 0 Å². The Morgan fingerprint density at radius 3 is 2.07 bits per heavy atom. The highest BCUT2D eigenvalue weighted by atomic mass is 15.2. The van der Waals surface area contributed by atoms with Crippen molar-refractivity contribution in [3.05, 3.63) is 91.0 Å². The molecule has 0 unspecified atom stereocenters. The number of nitrogens with zero attached hydrogens (tertiary/aromatic N) is 2. The standard InChI is InChI=1S/C26H22N2/c1-18(2)28(26-16-15-19-9-4-8-14-24(19)27-26)25-17-20-10-3-5-11-21(20)22-12-6-7-13-23(22)25/h3-18H,1-2H3. The Hall–Kier alpha value is -3.39. The van der Waals surface area contributed by atoms with E-state index in [2.05, 4.69) is 104 Å². The molecular weight excluding hydrogens is 340 g/mol. The number of pyridine rings is 1. The molecule has 0 spiro atoms. The summed E-state index contributed by atoms with van der Waals surface area (Å²) in [6, 6.07) is 32.4. The number of hydrogen-bond acceptors (Lipinski definition) is 2. The van der Waals surface area contributed by atoms with Gasteiger partial charge < -0.3 is 4.90 Å². The van der Waals surface area contributed by atoms with Gasteiger partial charge in [-0.3, -0.25) is 0 Å². The van der Waals surface area contributed by atoms with Crippen molar-refractivity contribution in [2.75, 3.05) is 4.90 Å². The van der Waals surface area contributed by atoms with E-state index in [0.29, 0.717) is 0 Å². The molecule has 4 aromatic carbocycles. The van der Waals surface area contributed by atoms with Gasteiger partial charge in [-0.2, -0.15) is 0 Å². The highest BCUT2D eigenvalue weighted by Crippen LogP contribution is 2.38. The number of aromatic nitrogens is 1. The molecule has 0 fully saturated rings. The van der Waals surface area contributed by atoms with Crippen LogP contribution in [0.15, 0.2) is 91.0 Å². The van der Waals surface area contributed by atoms with Crippen molar-refractivity contribution in [1.82, 2.24) is 4.98 Å². The number of rotatable bonds is 3. The Bertz CT molecular complexity index is 1300.